The van der Waals surface area contributed by atoms with Gasteiger partial charge in [-0.3, -0.25) is 0 Å². The molecule has 0 bridgehead atoms. The van der Waals surface area contributed by atoms with E-state index >= 15 is 0 Å². The Morgan fingerprint density at radius 1 is 1.21 bits per heavy atom. The maximum atomic E-state index is 5.51. The molecule has 0 aliphatic rings. The van der Waals surface area contributed by atoms with Gasteiger partial charge in [-0.25, -0.2) is 0 Å². The molecule has 84 valence electrons. The lowest BCUT2D eigenvalue weighted by atomic mass is 10.1. The average Bonchev–Trinajstić information content (AvgIpc) is 2.17. The third-order valence-corrected chi connectivity index (χ3v) is 2.17. The summed E-state index contributed by atoms with van der Waals surface area (Å²) in [5.41, 5.74) is 0. The van der Waals surface area contributed by atoms with Crippen molar-refractivity contribution in [2.75, 3.05) is 20.8 Å². The van der Waals surface area contributed by atoms with Crippen LogP contribution in [0.25, 0.3) is 0 Å². The normalized spacial score (nSPS) is 14.3. The van der Waals surface area contributed by atoms with E-state index in [4.69, 9.17) is 14.2 Å². The lowest BCUT2D eigenvalue weighted by Gasteiger charge is -2.16. The van der Waals surface area contributed by atoms with Crippen LogP contribution in [0.1, 0.15) is 27.2 Å². The highest BCUT2D eigenvalue weighted by molar-refractivity contribution is 4.87. The summed E-state index contributed by atoms with van der Waals surface area (Å²) < 4.78 is 15.6. The Balaban J connectivity index is 3.91. The highest BCUT2D eigenvalue weighted by atomic mass is 16.5. The van der Waals surface area contributed by atoms with Crippen LogP contribution in [0.2, 0.25) is 0 Å². The second kappa shape index (κ2) is 7.68. The molecule has 1 atom stereocenters. The second-order valence-corrected chi connectivity index (χ2v) is 3.62. The van der Waals surface area contributed by atoms with E-state index in [-0.39, 0.29) is 6.10 Å². The van der Waals surface area contributed by atoms with Crippen molar-refractivity contribution in [3.63, 3.8) is 0 Å². The zero-order chi connectivity index (χ0) is 11.0. The van der Waals surface area contributed by atoms with Crippen LogP contribution in [0.3, 0.4) is 0 Å². The van der Waals surface area contributed by atoms with Crippen LogP contribution in [0.4, 0.5) is 0 Å². The Labute approximate surface area is 87.0 Å². The van der Waals surface area contributed by atoms with Gasteiger partial charge in [0, 0.05) is 13.5 Å². The van der Waals surface area contributed by atoms with Crippen molar-refractivity contribution in [1.82, 2.24) is 0 Å². The van der Waals surface area contributed by atoms with Crippen LogP contribution in [0.15, 0.2) is 12.0 Å². The lowest BCUT2D eigenvalue weighted by molar-refractivity contribution is 0.100. The molecular weight excluding hydrogens is 180 g/mol. The quantitative estimate of drug-likeness (QED) is 0.594. The molecule has 0 radical (unpaired) electrons. The molecule has 0 aliphatic heterocycles. The first kappa shape index (κ1) is 13.3. The minimum absolute atomic E-state index is 0.211. The third-order valence-electron chi connectivity index (χ3n) is 2.17. The second-order valence-electron chi connectivity index (χ2n) is 3.62. The van der Waals surface area contributed by atoms with E-state index in [1.165, 1.54) is 0 Å². The fraction of sp³-hybridized carbons (Fsp3) is 0.818. The fourth-order valence-electron chi connectivity index (χ4n) is 0.752. The summed E-state index contributed by atoms with van der Waals surface area (Å²) in [7, 11) is 3.32. The van der Waals surface area contributed by atoms with Gasteiger partial charge < -0.3 is 14.2 Å². The SMILES string of the molecule is COCCC(=COC(C)C(C)C)OC. The molecule has 0 aliphatic carbocycles. The van der Waals surface area contributed by atoms with Crippen molar-refractivity contribution in [2.24, 2.45) is 5.92 Å². The van der Waals surface area contributed by atoms with Gasteiger partial charge in [-0.15, -0.1) is 0 Å². The van der Waals surface area contributed by atoms with Gasteiger partial charge in [0.1, 0.15) is 12.0 Å². The lowest BCUT2D eigenvalue weighted by Crippen LogP contribution is -2.12. The van der Waals surface area contributed by atoms with E-state index in [0.717, 1.165) is 12.2 Å². The molecule has 0 aromatic heterocycles. The van der Waals surface area contributed by atoms with Gasteiger partial charge in [-0.1, -0.05) is 13.8 Å². The van der Waals surface area contributed by atoms with E-state index in [0.29, 0.717) is 12.5 Å². The molecule has 0 spiro atoms. The zero-order valence-electron chi connectivity index (χ0n) is 9.87. The summed E-state index contributed by atoms with van der Waals surface area (Å²) in [6.45, 7) is 6.95. The van der Waals surface area contributed by atoms with Gasteiger partial charge in [-0.05, 0) is 12.8 Å². The number of ether oxygens (including phenoxy) is 3. The molecule has 3 nitrogen and oxygen atoms in total. The summed E-state index contributed by atoms with van der Waals surface area (Å²) in [6, 6.07) is 0. The molecule has 14 heavy (non-hydrogen) atoms. The van der Waals surface area contributed by atoms with Crippen LogP contribution >= 0.6 is 0 Å². The van der Waals surface area contributed by atoms with E-state index < -0.39 is 0 Å². The molecule has 1 unspecified atom stereocenters. The topological polar surface area (TPSA) is 27.7 Å². The number of methoxy groups -OCH3 is 2. The maximum Gasteiger partial charge on any atom is 0.132 e. The Bertz CT molecular complexity index is 164. The smallest absolute Gasteiger partial charge is 0.132 e. The summed E-state index contributed by atoms with van der Waals surface area (Å²) in [4.78, 5) is 0. The highest BCUT2D eigenvalue weighted by Crippen LogP contribution is 2.09. The molecular formula is C11H22O3. The van der Waals surface area contributed by atoms with E-state index in [2.05, 4.69) is 13.8 Å². The molecule has 0 heterocycles. The molecule has 0 amide bonds. The summed E-state index contributed by atoms with van der Waals surface area (Å²) in [5, 5.41) is 0. The van der Waals surface area contributed by atoms with Crippen molar-refractivity contribution >= 4 is 0 Å². The van der Waals surface area contributed by atoms with Gasteiger partial charge in [0.15, 0.2) is 0 Å². The van der Waals surface area contributed by atoms with E-state index in [9.17, 15) is 0 Å². The van der Waals surface area contributed by atoms with Gasteiger partial charge >= 0.3 is 0 Å². The van der Waals surface area contributed by atoms with Crippen molar-refractivity contribution in [3.8, 4) is 0 Å². The van der Waals surface area contributed by atoms with Gasteiger partial charge in [0.25, 0.3) is 0 Å². The minimum Gasteiger partial charge on any atom is -0.498 e. The van der Waals surface area contributed by atoms with Crippen LogP contribution in [-0.4, -0.2) is 26.9 Å². The van der Waals surface area contributed by atoms with E-state index in [1.54, 1.807) is 20.5 Å². The summed E-state index contributed by atoms with van der Waals surface area (Å²) in [5.74, 6) is 1.33. The molecule has 0 rings (SSSR count). The highest BCUT2D eigenvalue weighted by Gasteiger charge is 2.06. The third kappa shape index (κ3) is 5.86. The molecule has 0 saturated heterocycles. The first-order valence-electron chi connectivity index (χ1n) is 4.99. The Kier molecular flexibility index (Phi) is 7.30. The molecule has 0 saturated carbocycles. The van der Waals surface area contributed by atoms with Crippen molar-refractivity contribution in [3.05, 3.63) is 12.0 Å². The predicted molar refractivity (Wildman–Crippen MR) is 57.0 cm³/mol. The molecule has 0 aromatic rings. The Hall–Kier alpha value is -0.700. The van der Waals surface area contributed by atoms with E-state index in [1.807, 2.05) is 6.92 Å². The fourth-order valence-corrected chi connectivity index (χ4v) is 0.752. The van der Waals surface area contributed by atoms with Crippen LogP contribution < -0.4 is 0 Å². The Morgan fingerprint density at radius 2 is 1.86 bits per heavy atom. The number of hydrogen-bond acceptors (Lipinski definition) is 3. The van der Waals surface area contributed by atoms with Crippen LogP contribution in [0.5, 0.6) is 0 Å². The Morgan fingerprint density at radius 3 is 2.29 bits per heavy atom. The van der Waals surface area contributed by atoms with Crippen LogP contribution in [0, 0.1) is 5.92 Å². The number of hydrogen-bond donors (Lipinski definition) is 0. The maximum absolute atomic E-state index is 5.51. The van der Waals surface area contributed by atoms with Crippen molar-refractivity contribution in [1.29, 1.82) is 0 Å². The number of rotatable bonds is 7. The molecule has 3 heteroatoms. The zero-order valence-corrected chi connectivity index (χ0v) is 9.87. The van der Waals surface area contributed by atoms with Gasteiger partial charge in [-0.2, -0.15) is 0 Å². The van der Waals surface area contributed by atoms with Crippen molar-refractivity contribution < 1.29 is 14.2 Å². The van der Waals surface area contributed by atoms with Crippen molar-refractivity contribution in [2.45, 2.75) is 33.3 Å². The van der Waals surface area contributed by atoms with Gasteiger partial charge in [0.05, 0.1) is 19.8 Å². The first-order valence-corrected chi connectivity index (χ1v) is 4.99. The monoisotopic (exact) mass is 202 g/mol. The van der Waals surface area contributed by atoms with Gasteiger partial charge in [0.2, 0.25) is 0 Å². The van der Waals surface area contributed by atoms with Crippen LogP contribution in [-0.2, 0) is 14.2 Å². The summed E-state index contributed by atoms with van der Waals surface area (Å²) >= 11 is 0. The summed E-state index contributed by atoms with van der Waals surface area (Å²) in [6.07, 6.45) is 2.64. The first-order chi connectivity index (χ1) is 6.61. The average molecular weight is 202 g/mol. The molecule has 0 N–H and O–H groups in total. The molecule has 0 aromatic carbocycles. The largest absolute Gasteiger partial charge is 0.498 e. The predicted octanol–water partition coefficient (Wildman–Crippen LogP) is 2.57. The molecule has 0 fully saturated rings. The standard InChI is InChI=1S/C11H22O3/c1-9(2)10(3)14-8-11(13-5)6-7-12-4/h8-10H,6-7H2,1-5H3. The minimum atomic E-state index is 0.211.